The summed E-state index contributed by atoms with van der Waals surface area (Å²) in [5, 5.41) is 9.85. The molecule has 0 N–H and O–H groups in total. The third-order valence-corrected chi connectivity index (χ3v) is 4.81. The first-order chi connectivity index (χ1) is 16.2. The van der Waals surface area contributed by atoms with Crippen molar-refractivity contribution < 1.29 is 18.7 Å². The Labute approximate surface area is 191 Å². The largest absolute Gasteiger partial charge is 0.482 e. The molecule has 0 atom stereocenters. The van der Waals surface area contributed by atoms with Crippen LogP contribution in [-0.4, -0.2) is 24.7 Å². The molecule has 1 aromatic heterocycles. The van der Waals surface area contributed by atoms with Gasteiger partial charge in [-0.2, -0.15) is 5.26 Å². The van der Waals surface area contributed by atoms with E-state index in [4.69, 9.17) is 9.15 Å². The molecule has 0 aliphatic heterocycles. The summed E-state index contributed by atoms with van der Waals surface area (Å²) >= 11 is 0. The van der Waals surface area contributed by atoms with Crippen LogP contribution in [0, 0.1) is 11.3 Å². The molecule has 4 rings (SSSR count). The van der Waals surface area contributed by atoms with E-state index in [0.29, 0.717) is 22.8 Å². The zero-order valence-electron chi connectivity index (χ0n) is 17.9. The lowest BCUT2D eigenvalue weighted by Gasteiger charge is -2.05. The molecule has 0 fully saturated rings. The highest BCUT2D eigenvalue weighted by atomic mass is 16.6. The summed E-state index contributed by atoms with van der Waals surface area (Å²) in [5.41, 5.74) is 3.38. The van der Waals surface area contributed by atoms with Gasteiger partial charge in [-0.1, -0.05) is 72.8 Å². The van der Waals surface area contributed by atoms with Gasteiger partial charge in [0.05, 0.1) is 7.11 Å². The third-order valence-electron chi connectivity index (χ3n) is 4.81. The maximum atomic E-state index is 11.3. The minimum Gasteiger partial charge on any atom is -0.482 e. The van der Waals surface area contributed by atoms with Crippen LogP contribution in [0.3, 0.4) is 0 Å². The zero-order chi connectivity index (χ0) is 23.0. The average Bonchev–Trinajstić information content (AvgIpc) is 3.32. The van der Waals surface area contributed by atoms with Crippen molar-refractivity contribution in [3.8, 4) is 34.4 Å². The van der Waals surface area contributed by atoms with Gasteiger partial charge < -0.3 is 13.9 Å². The molecule has 0 unspecified atom stereocenters. The fourth-order valence-electron chi connectivity index (χ4n) is 3.22. The molecule has 3 aromatic carbocycles. The maximum absolute atomic E-state index is 11.3. The molecule has 33 heavy (non-hydrogen) atoms. The Kier molecular flexibility index (Phi) is 6.62. The molecule has 0 aliphatic rings. The van der Waals surface area contributed by atoms with Gasteiger partial charge in [0, 0.05) is 11.1 Å². The molecular weight excluding hydrogens is 416 g/mol. The second-order valence-corrected chi connectivity index (χ2v) is 7.04. The number of carbonyl (C=O) groups excluding carboxylic acids is 1. The SMILES string of the molecule is COC(=O)COc1cccc(C=C(C#N)c2nc(-c3ccccc3)c(-c3ccccc3)o2)c1. The van der Waals surface area contributed by atoms with Crippen molar-refractivity contribution in [1.29, 1.82) is 5.26 Å². The molecule has 4 aromatic rings. The second-order valence-electron chi connectivity index (χ2n) is 7.04. The quantitative estimate of drug-likeness (QED) is 0.276. The van der Waals surface area contributed by atoms with Crippen molar-refractivity contribution >= 4 is 17.6 Å². The highest BCUT2D eigenvalue weighted by molar-refractivity contribution is 5.89. The molecule has 0 saturated heterocycles. The summed E-state index contributed by atoms with van der Waals surface area (Å²) in [7, 11) is 1.30. The number of nitriles is 1. The normalized spacial score (nSPS) is 11.0. The summed E-state index contributed by atoms with van der Waals surface area (Å²) in [6.07, 6.45) is 1.67. The molecule has 0 spiro atoms. The van der Waals surface area contributed by atoms with Gasteiger partial charge in [0.2, 0.25) is 5.89 Å². The van der Waals surface area contributed by atoms with Crippen LogP contribution in [0.5, 0.6) is 5.75 Å². The summed E-state index contributed by atoms with van der Waals surface area (Å²) in [5.74, 6) is 0.813. The number of hydrogen-bond donors (Lipinski definition) is 0. The fraction of sp³-hybridized carbons (Fsp3) is 0.0741. The standard InChI is InChI=1S/C27H20N2O4/c1-31-24(30)18-32-23-14-8-9-19(16-23)15-22(17-28)27-29-25(20-10-4-2-5-11-20)26(33-27)21-12-6-3-7-13-21/h2-16H,18H2,1H3. The topological polar surface area (TPSA) is 85.4 Å². The molecule has 0 bridgehead atoms. The Balaban J connectivity index is 1.72. The van der Waals surface area contributed by atoms with Gasteiger partial charge in [-0.05, 0) is 23.8 Å². The average molecular weight is 436 g/mol. The van der Waals surface area contributed by atoms with E-state index in [1.807, 2.05) is 66.7 Å². The fourth-order valence-corrected chi connectivity index (χ4v) is 3.22. The Morgan fingerprint density at radius 3 is 2.36 bits per heavy atom. The van der Waals surface area contributed by atoms with E-state index in [2.05, 4.69) is 15.8 Å². The minimum absolute atomic E-state index is 0.199. The monoisotopic (exact) mass is 436 g/mol. The van der Waals surface area contributed by atoms with Crippen LogP contribution in [0.2, 0.25) is 0 Å². The summed E-state index contributed by atoms with van der Waals surface area (Å²) in [6, 6.07) is 28.6. The summed E-state index contributed by atoms with van der Waals surface area (Å²) < 4.78 is 16.1. The van der Waals surface area contributed by atoms with Crippen molar-refractivity contribution in [2.24, 2.45) is 0 Å². The smallest absolute Gasteiger partial charge is 0.343 e. The Hall–Kier alpha value is -4.63. The molecule has 1 heterocycles. The van der Waals surface area contributed by atoms with Gasteiger partial charge in [-0.3, -0.25) is 0 Å². The number of nitrogens with zero attached hydrogens (tertiary/aromatic N) is 2. The third kappa shape index (κ3) is 5.17. The lowest BCUT2D eigenvalue weighted by molar-refractivity contribution is -0.142. The van der Waals surface area contributed by atoms with E-state index in [9.17, 15) is 10.1 Å². The molecule has 0 saturated carbocycles. The number of allylic oxidation sites excluding steroid dienone is 1. The van der Waals surface area contributed by atoms with Gasteiger partial charge in [0.15, 0.2) is 12.4 Å². The lowest BCUT2D eigenvalue weighted by atomic mass is 10.1. The first-order valence-corrected chi connectivity index (χ1v) is 10.2. The number of rotatable bonds is 7. The summed E-state index contributed by atoms with van der Waals surface area (Å²) in [4.78, 5) is 16.0. The van der Waals surface area contributed by atoms with Crippen molar-refractivity contribution in [1.82, 2.24) is 4.98 Å². The van der Waals surface area contributed by atoms with Crippen LogP contribution < -0.4 is 4.74 Å². The van der Waals surface area contributed by atoms with Crippen molar-refractivity contribution in [3.05, 3.63) is 96.4 Å². The maximum Gasteiger partial charge on any atom is 0.343 e. The molecular formula is C27H20N2O4. The van der Waals surface area contributed by atoms with Gasteiger partial charge in [0.25, 0.3) is 0 Å². The Bertz CT molecular complexity index is 1260. The van der Waals surface area contributed by atoms with Crippen molar-refractivity contribution in [3.63, 3.8) is 0 Å². The van der Waals surface area contributed by atoms with Gasteiger partial charge in [0.1, 0.15) is 23.1 Å². The van der Waals surface area contributed by atoms with E-state index in [1.165, 1.54) is 7.11 Å². The van der Waals surface area contributed by atoms with Crippen LogP contribution in [-0.2, 0) is 9.53 Å². The molecule has 0 radical (unpaired) electrons. The van der Waals surface area contributed by atoms with Crippen LogP contribution in [0.15, 0.2) is 89.3 Å². The van der Waals surface area contributed by atoms with Crippen molar-refractivity contribution in [2.45, 2.75) is 0 Å². The van der Waals surface area contributed by atoms with Crippen LogP contribution >= 0.6 is 0 Å². The number of hydrogen-bond acceptors (Lipinski definition) is 6. The number of aromatic nitrogens is 1. The Morgan fingerprint density at radius 2 is 1.70 bits per heavy atom. The number of esters is 1. The van der Waals surface area contributed by atoms with Crippen LogP contribution in [0.25, 0.3) is 34.2 Å². The highest BCUT2D eigenvalue weighted by Crippen LogP contribution is 2.34. The Morgan fingerprint density at radius 1 is 1.00 bits per heavy atom. The number of carbonyl (C=O) groups is 1. The highest BCUT2D eigenvalue weighted by Gasteiger charge is 2.19. The number of benzene rings is 3. The summed E-state index contributed by atoms with van der Waals surface area (Å²) in [6.45, 7) is -0.199. The molecule has 0 amide bonds. The first-order valence-electron chi connectivity index (χ1n) is 10.2. The second kappa shape index (κ2) is 10.1. The predicted molar refractivity (Wildman–Crippen MR) is 125 cm³/mol. The molecule has 6 heteroatoms. The van der Waals surface area contributed by atoms with Crippen LogP contribution in [0.4, 0.5) is 0 Å². The van der Waals surface area contributed by atoms with E-state index >= 15 is 0 Å². The van der Waals surface area contributed by atoms with Crippen molar-refractivity contribution in [2.75, 3.05) is 13.7 Å². The zero-order valence-corrected chi connectivity index (χ0v) is 17.9. The molecule has 6 nitrogen and oxygen atoms in total. The number of ether oxygens (including phenoxy) is 2. The number of methoxy groups -OCH3 is 1. The lowest BCUT2D eigenvalue weighted by Crippen LogP contribution is -2.12. The van der Waals surface area contributed by atoms with Gasteiger partial charge >= 0.3 is 5.97 Å². The van der Waals surface area contributed by atoms with E-state index < -0.39 is 5.97 Å². The van der Waals surface area contributed by atoms with E-state index in [1.54, 1.807) is 24.3 Å². The van der Waals surface area contributed by atoms with Gasteiger partial charge in [-0.25, -0.2) is 9.78 Å². The molecule has 162 valence electrons. The predicted octanol–water partition coefficient (Wildman–Crippen LogP) is 5.62. The minimum atomic E-state index is -0.477. The number of oxazole rings is 1. The molecule has 0 aliphatic carbocycles. The first kappa shape index (κ1) is 21.6. The van der Waals surface area contributed by atoms with Gasteiger partial charge in [-0.15, -0.1) is 0 Å². The van der Waals surface area contributed by atoms with E-state index in [-0.39, 0.29) is 18.1 Å². The van der Waals surface area contributed by atoms with E-state index in [0.717, 1.165) is 11.1 Å². The van der Waals surface area contributed by atoms with Crippen LogP contribution in [0.1, 0.15) is 11.5 Å².